The first-order valence-electron chi connectivity index (χ1n) is 11.3. The van der Waals surface area contributed by atoms with Gasteiger partial charge in [0, 0.05) is 44.7 Å². The lowest BCUT2D eigenvalue weighted by Crippen LogP contribution is -2.35. The van der Waals surface area contributed by atoms with E-state index in [4.69, 9.17) is 4.52 Å². The van der Waals surface area contributed by atoms with Crippen molar-refractivity contribution >= 4 is 17.5 Å². The molecule has 1 N–H and O–H groups in total. The van der Waals surface area contributed by atoms with Gasteiger partial charge >= 0.3 is 0 Å². The summed E-state index contributed by atoms with van der Waals surface area (Å²) in [6.45, 7) is 5.15. The largest absolute Gasteiger partial charge is 0.392 e. The molecule has 31 heavy (non-hydrogen) atoms. The maximum atomic E-state index is 13.3. The highest BCUT2D eigenvalue weighted by Crippen LogP contribution is 2.27. The van der Waals surface area contributed by atoms with E-state index < -0.39 is 0 Å². The van der Waals surface area contributed by atoms with Gasteiger partial charge in [0.1, 0.15) is 5.76 Å². The summed E-state index contributed by atoms with van der Waals surface area (Å²) < 4.78 is 5.32. The summed E-state index contributed by atoms with van der Waals surface area (Å²) in [5.74, 6) is 0.526. The van der Waals surface area contributed by atoms with Crippen LogP contribution in [0.1, 0.15) is 79.7 Å². The maximum Gasteiger partial charge on any atom is 0.276 e. The van der Waals surface area contributed by atoms with Gasteiger partial charge < -0.3 is 19.4 Å². The van der Waals surface area contributed by atoms with E-state index in [1.807, 2.05) is 18.2 Å². The molecule has 0 spiro atoms. The van der Waals surface area contributed by atoms with Gasteiger partial charge in [-0.1, -0.05) is 43.5 Å². The van der Waals surface area contributed by atoms with Gasteiger partial charge in [0.15, 0.2) is 5.69 Å². The van der Waals surface area contributed by atoms with Crippen molar-refractivity contribution in [2.45, 2.75) is 71.9 Å². The Kier molecular flexibility index (Phi) is 8.23. The molecule has 0 saturated carbocycles. The summed E-state index contributed by atoms with van der Waals surface area (Å²) in [6.07, 6.45) is 6.68. The Morgan fingerprint density at radius 2 is 1.84 bits per heavy atom. The zero-order chi connectivity index (χ0) is 22.2. The molecule has 0 bridgehead atoms. The van der Waals surface area contributed by atoms with Crippen molar-refractivity contribution in [2.24, 2.45) is 0 Å². The standard InChI is InChI=1S/C24H33N3O4/c1-3-9-21-15-22(25-31-21)24(30)26-12-7-5-4-6-8-13-27(18(2)29)23-14-19(17-28)10-11-20(23)16-26/h10-11,14-15,28H,3-9,12-13,16-17H2,1-2H3. The summed E-state index contributed by atoms with van der Waals surface area (Å²) in [6, 6.07) is 7.36. The third-order valence-electron chi connectivity index (χ3n) is 5.74. The first kappa shape index (κ1) is 23.0. The lowest BCUT2D eigenvalue weighted by molar-refractivity contribution is -0.116. The average molecular weight is 428 g/mol. The number of aryl methyl sites for hydroxylation is 1. The Balaban J connectivity index is 1.95. The Morgan fingerprint density at radius 1 is 1.10 bits per heavy atom. The van der Waals surface area contributed by atoms with Crippen LogP contribution in [-0.2, 0) is 24.4 Å². The van der Waals surface area contributed by atoms with E-state index in [0.29, 0.717) is 25.3 Å². The second kappa shape index (κ2) is 11.1. The number of aliphatic hydroxyl groups is 1. The number of fused-ring (bicyclic) bond motifs is 1. The number of anilines is 1. The fourth-order valence-electron chi connectivity index (χ4n) is 4.04. The fourth-order valence-corrected chi connectivity index (χ4v) is 4.04. The molecule has 2 aromatic rings. The molecule has 7 nitrogen and oxygen atoms in total. The van der Waals surface area contributed by atoms with Crippen LogP contribution in [-0.4, -0.2) is 40.1 Å². The quantitative estimate of drug-likeness (QED) is 0.794. The number of aromatic nitrogens is 1. The van der Waals surface area contributed by atoms with Crippen molar-refractivity contribution < 1.29 is 19.2 Å². The number of rotatable bonds is 4. The molecule has 0 atom stereocenters. The predicted octanol–water partition coefficient (Wildman–Crippen LogP) is 4.08. The van der Waals surface area contributed by atoms with Gasteiger partial charge in [-0.25, -0.2) is 0 Å². The summed E-state index contributed by atoms with van der Waals surface area (Å²) in [5.41, 5.74) is 2.73. The van der Waals surface area contributed by atoms with Crippen molar-refractivity contribution in [3.8, 4) is 0 Å². The van der Waals surface area contributed by atoms with Crippen LogP contribution >= 0.6 is 0 Å². The summed E-state index contributed by atoms with van der Waals surface area (Å²) in [5, 5.41) is 13.6. The third-order valence-corrected chi connectivity index (χ3v) is 5.74. The van der Waals surface area contributed by atoms with Gasteiger partial charge in [0.2, 0.25) is 5.91 Å². The van der Waals surface area contributed by atoms with E-state index in [0.717, 1.165) is 67.5 Å². The van der Waals surface area contributed by atoms with Crippen LogP contribution in [0, 0.1) is 0 Å². The zero-order valence-corrected chi connectivity index (χ0v) is 18.6. The van der Waals surface area contributed by atoms with E-state index in [1.54, 1.807) is 22.8 Å². The molecular weight excluding hydrogens is 394 g/mol. The molecule has 0 radical (unpaired) electrons. The normalized spacial score (nSPS) is 15.7. The number of carbonyl (C=O) groups is 2. The molecular formula is C24H33N3O4. The van der Waals surface area contributed by atoms with Crippen LogP contribution in [0.3, 0.4) is 0 Å². The van der Waals surface area contributed by atoms with Crippen LogP contribution in [0.25, 0.3) is 0 Å². The molecule has 0 saturated heterocycles. The minimum absolute atomic E-state index is 0.0352. The number of hydrogen-bond donors (Lipinski definition) is 1. The minimum atomic E-state index is -0.158. The molecule has 1 aromatic carbocycles. The highest BCUT2D eigenvalue weighted by molar-refractivity contribution is 5.94. The molecule has 1 aliphatic heterocycles. The van der Waals surface area contributed by atoms with Gasteiger partial charge in [-0.2, -0.15) is 0 Å². The lowest BCUT2D eigenvalue weighted by Gasteiger charge is -2.29. The molecule has 0 unspecified atom stereocenters. The molecule has 2 amide bonds. The lowest BCUT2D eigenvalue weighted by atomic mass is 10.0. The van der Waals surface area contributed by atoms with E-state index in [2.05, 4.69) is 12.1 Å². The number of aliphatic hydroxyl groups excluding tert-OH is 1. The predicted molar refractivity (Wildman–Crippen MR) is 119 cm³/mol. The number of carbonyl (C=O) groups excluding carboxylic acids is 2. The van der Waals surface area contributed by atoms with Gasteiger partial charge in [-0.05, 0) is 36.5 Å². The van der Waals surface area contributed by atoms with Crippen LogP contribution in [0.2, 0.25) is 0 Å². The smallest absolute Gasteiger partial charge is 0.276 e. The second-order valence-electron chi connectivity index (χ2n) is 8.21. The number of nitrogens with zero attached hydrogens (tertiary/aromatic N) is 3. The fraction of sp³-hybridized carbons (Fsp3) is 0.542. The summed E-state index contributed by atoms with van der Waals surface area (Å²) in [7, 11) is 0. The first-order chi connectivity index (χ1) is 15.0. The second-order valence-corrected chi connectivity index (χ2v) is 8.21. The van der Waals surface area contributed by atoms with Crippen LogP contribution in [0.4, 0.5) is 5.69 Å². The molecule has 0 fully saturated rings. The topological polar surface area (TPSA) is 86.9 Å². The number of amides is 2. The van der Waals surface area contributed by atoms with Gasteiger partial charge in [0.25, 0.3) is 5.91 Å². The van der Waals surface area contributed by atoms with Crippen LogP contribution in [0.15, 0.2) is 28.8 Å². The molecule has 7 heteroatoms. The van der Waals surface area contributed by atoms with Crippen molar-refractivity contribution in [2.75, 3.05) is 18.0 Å². The monoisotopic (exact) mass is 427 g/mol. The Labute approximate surface area is 184 Å². The molecule has 1 aromatic heterocycles. The molecule has 1 aliphatic rings. The summed E-state index contributed by atoms with van der Waals surface area (Å²) >= 11 is 0. The van der Waals surface area contributed by atoms with Crippen molar-refractivity contribution in [3.63, 3.8) is 0 Å². The molecule has 2 heterocycles. The maximum absolute atomic E-state index is 13.3. The van der Waals surface area contributed by atoms with Crippen molar-refractivity contribution in [1.29, 1.82) is 0 Å². The molecule has 3 rings (SSSR count). The summed E-state index contributed by atoms with van der Waals surface area (Å²) in [4.78, 5) is 29.3. The third kappa shape index (κ3) is 5.94. The van der Waals surface area contributed by atoms with E-state index in [1.165, 1.54) is 0 Å². The van der Waals surface area contributed by atoms with Crippen molar-refractivity contribution in [1.82, 2.24) is 10.1 Å². The van der Waals surface area contributed by atoms with Gasteiger partial charge in [-0.3, -0.25) is 9.59 Å². The van der Waals surface area contributed by atoms with Gasteiger partial charge in [-0.15, -0.1) is 0 Å². The van der Waals surface area contributed by atoms with E-state index in [9.17, 15) is 14.7 Å². The highest BCUT2D eigenvalue weighted by atomic mass is 16.5. The minimum Gasteiger partial charge on any atom is -0.392 e. The van der Waals surface area contributed by atoms with E-state index >= 15 is 0 Å². The number of hydrogen-bond acceptors (Lipinski definition) is 5. The number of benzene rings is 1. The Bertz CT molecular complexity index is 893. The molecule has 0 aliphatic carbocycles. The Morgan fingerprint density at radius 3 is 2.55 bits per heavy atom. The Hall–Kier alpha value is -2.67. The van der Waals surface area contributed by atoms with E-state index in [-0.39, 0.29) is 18.4 Å². The molecule has 168 valence electrons. The van der Waals surface area contributed by atoms with Crippen LogP contribution in [0.5, 0.6) is 0 Å². The van der Waals surface area contributed by atoms with Gasteiger partial charge in [0.05, 0.1) is 6.61 Å². The van der Waals surface area contributed by atoms with Crippen molar-refractivity contribution in [3.05, 3.63) is 46.8 Å². The zero-order valence-electron chi connectivity index (χ0n) is 18.6. The first-order valence-corrected chi connectivity index (χ1v) is 11.3. The SMILES string of the molecule is CCCc1cc(C(=O)N2CCCCCCCN(C(C)=O)c3cc(CO)ccc3C2)no1. The highest BCUT2D eigenvalue weighted by Gasteiger charge is 2.23. The average Bonchev–Trinajstić information content (AvgIpc) is 3.22. The van der Waals surface area contributed by atoms with Crippen LogP contribution < -0.4 is 4.90 Å².